The number of nitrogens with zero attached hydrogens (tertiary/aromatic N) is 1. The van der Waals surface area contributed by atoms with Crippen LogP contribution in [0.4, 0.5) is 5.69 Å². The van der Waals surface area contributed by atoms with E-state index in [1.54, 1.807) is 12.1 Å². The summed E-state index contributed by atoms with van der Waals surface area (Å²) < 4.78 is 5.95. The van der Waals surface area contributed by atoms with Crippen LogP contribution in [0.15, 0.2) is 24.3 Å². The van der Waals surface area contributed by atoms with Crippen molar-refractivity contribution in [3.63, 3.8) is 0 Å². The molecule has 1 aromatic carbocycles. The Morgan fingerprint density at radius 2 is 2.10 bits per heavy atom. The van der Waals surface area contributed by atoms with Crippen LogP contribution in [-0.2, 0) is 11.2 Å². The molecule has 0 radical (unpaired) electrons. The van der Waals surface area contributed by atoms with Crippen LogP contribution in [0.25, 0.3) is 0 Å². The topological polar surface area (TPSA) is 78.4 Å². The summed E-state index contributed by atoms with van der Waals surface area (Å²) >= 11 is 0. The molecule has 2 aliphatic heterocycles. The van der Waals surface area contributed by atoms with E-state index in [1.807, 2.05) is 12.1 Å². The predicted octanol–water partition coefficient (Wildman–Crippen LogP) is 2.42. The SMILES string of the molecule is NCC1(CCc2ccc([N+](=O)[O-])cc2)CC2CCC1O2. The third-order valence-electron chi connectivity index (χ3n) is 4.89. The number of fused-ring (bicyclic) bond motifs is 2. The minimum absolute atomic E-state index is 0.116. The van der Waals surface area contributed by atoms with Crippen LogP contribution in [0.3, 0.4) is 0 Å². The molecule has 2 N–H and O–H groups in total. The van der Waals surface area contributed by atoms with Gasteiger partial charge in [0, 0.05) is 24.1 Å². The Bertz CT molecular complexity index is 502. The normalized spacial score (nSPS) is 31.6. The van der Waals surface area contributed by atoms with Crippen LogP contribution in [0, 0.1) is 15.5 Å². The first-order valence-electron chi connectivity index (χ1n) is 7.22. The second kappa shape index (κ2) is 5.14. The number of rotatable bonds is 5. The average Bonchev–Trinajstić information content (AvgIpc) is 3.06. The highest BCUT2D eigenvalue weighted by Crippen LogP contribution is 2.49. The summed E-state index contributed by atoms with van der Waals surface area (Å²) in [5.41, 5.74) is 7.40. The van der Waals surface area contributed by atoms with E-state index in [-0.39, 0.29) is 16.0 Å². The van der Waals surface area contributed by atoms with Crippen LogP contribution in [0.2, 0.25) is 0 Å². The molecule has 2 bridgehead atoms. The van der Waals surface area contributed by atoms with E-state index >= 15 is 0 Å². The molecule has 2 saturated heterocycles. The fraction of sp³-hybridized carbons (Fsp3) is 0.600. The molecule has 0 spiro atoms. The van der Waals surface area contributed by atoms with Crippen molar-refractivity contribution in [1.29, 1.82) is 0 Å². The molecule has 0 amide bonds. The van der Waals surface area contributed by atoms with Gasteiger partial charge in [0.25, 0.3) is 5.69 Å². The summed E-state index contributed by atoms with van der Waals surface area (Å²) in [5.74, 6) is 0. The summed E-state index contributed by atoms with van der Waals surface area (Å²) in [6.45, 7) is 0.668. The molecular formula is C15H20N2O3. The van der Waals surface area contributed by atoms with E-state index in [0.29, 0.717) is 18.8 Å². The van der Waals surface area contributed by atoms with Crippen LogP contribution in [-0.4, -0.2) is 23.7 Å². The molecule has 20 heavy (non-hydrogen) atoms. The third-order valence-corrected chi connectivity index (χ3v) is 4.89. The molecule has 5 heteroatoms. The smallest absolute Gasteiger partial charge is 0.269 e. The molecule has 1 aromatic rings. The van der Waals surface area contributed by atoms with E-state index in [0.717, 1.165) is 31.2 Å². The van der Waals surface area contributed by atoms with Gasteiger partial charge in [0.05, 0.1) is 17.1 Å². The van der Waals surface area contributed by atoms with Crippen molar-refractivity contribution >= 4 is 5.69 Å². The molecule has 108 valence electrons. The lowest BCUT2D eigenvalue weighted by Crippen LogP contribution is -2.40. The number of non-ortho nitro benzene ring substituents is 1. The van der Waals surface area contributed by atoms with Crippen molar-refractivity contribution < 1.29 is 9.66 Å². The molecule has 3 unspecified atom stereocenters. The molecule has 0 aromatic heterocycles. The van der Waals surface area contributed by atoms with Gasteiger partial charge in [-0.15, -0.1) is 0 Å². The van der Waals surface area contributed by atoms with E-state index in [9.17, 15) is 10.1 Å². The number of hydrogen-bond donors (Lipinski definition) is 1. The largest absolute Gasteiger partial charge is 0.374 e. The van der Waals surface area contributed by atoms with Gasteiger partial charge in [-0.2, -0.15) is 0 Å². The lowest BCUT2D eigenvalue weighted by molar-refractivity contribution is -0.384. The van der Waals surface area contributed by atoms with E-state index in [2.05, 4.69) is 0 Å². The van der Waals surface area contributed by atoms with Crippen molar-refractivity contribution in [2.75, 3.05) is 6.54 Å². The monoisotopic (exact) mass is 276 g/mol. The fourth-order valence-electron chi connectivity index (χ4n) is 3.65. The number of hydrogen-bond acceptors (Lipinski definition) is 4. The Labute approximate surface area is 118 Å². The highest BCUT2D eigenvalue weighted by molar-refractivity contribution is 5.33. The minimum Gasteiger partial charge on any atom is -0.374 e. The average molecular weight is 276 g/mol. The zero-order chi connectivity index (χ0) is 14.2. The molecule has 5 nitrogen and oxygen atoms in total. The summed E-state index contributed by atoms with van der Waals surface area (Å²) in [6.07, 6.45) is 5.99. The highest BCUT2D eigenvalue weighted by atomic mass is 16.6. The van der Waals surface area contributed by atoms with Gasteiger partial charge in [-0.1, -0.05) is 12.1 Å². The first kappa shape index (κ1) is 13.5. The predicted molar refractivity (Wildman–Crippen MR) is 75.4 cm³/mol. The van der Waals surface area contributed by atoms with E-state index < -0.39 is 0 Å². The molecule has 0 saturated carbocycles. The second-order valence-corrected chi connectivity index (χ2v) is 6.02. The summed E-state index contributed by atoms with van der Waals surface area (Å²) in [7, 11) is 0. The molecule has 3 rings (SSSR count). The number of nitro groups is 1. The van der Waals surface area contributed by atoms with Crippen LogP contribution >= 0.6 is 0 Å². The van der Waals surface area contributed by atoms with Crippen LogP contribution < -0.4 is 5.73 Å². The lowest BCUT2D eigenvalue weighted by Gasteiger charge is -2.34. The van der Waals surface area contributed by atoms with Gasteiger partial charge in [-0.3, -0.25) is 10.1 Å². The van der Waals surface area contributed by atoms with Crippen LogP contribution in [0.5, 0.6) is 0 Å². The summed E-state index contributed by atoms with van der Waals surface area (Å²) in [6, 6.07) is 6.83. The van der Waals surface area contributed by atoms with E-state index in [4.69, 9.17) is 10.5 Å². The molecule has 0 aliphatic carbocycles. The Kier molecular flexibility index (Phi) is 3.48. The summed E-state index contributed by atoms with van der Waals surface area (Å²) in [4.78, 5) is 10.3. The molecular weight excluding hydrogens is 256 g/mol. The maximum absolute atomic E-state index is 10.6. The minimum atomic E-state index is -0.366. The van der Waals surface area contributed by atoms with Gasteiger partial charge in [0.15, 0.2) is 0 Å². The van der Waals surface area contributed by atoms with Gasteiger partial charge < -0.3 is 10.5 Å². The number of benzene rings is 1. The lowest BCUT2D eigenvalue weighted by atomic mass is 9.70. The Morgan fingerprint density at radius 3 is 2.60 bits per heavy atom. The van der Waals surface area contributed by atoms with Crippen molar-refractivity contribution in [3.05, 3.63) is 39.9 Å². The Morgan fingerprint density at radius 1 is 1.35 bits per heavy atom. The van der Waals surface area contributed by atoms with E-state index in [1.165, 1.54) is 6.42 Å². The fourth-order valence-corrected chi connectivity index (χ4v) is 3.65. The number of nitro benzene ring substituents is 1. The van der Waals surface area contributed by atoms with Crippen molar-refractivity contribution in [3.8, 4) is 0 Å². The van der Waals surface area contributed by atoms with Gasteiger partial charge in [0.2, 0.25) is 0 Å². The number of ether oxygens (including phenoxy) is 1. The first-order chi connectivity index (χ1) is 9.63. The van der Waals surface area contributed by atoms with Crippen LogP contribution in [0.1, 0.15) is 31.2 Å². The van der Waals surface area contributed by atoms with Crippen molar-refractivity contribution in [1.82, 2.24) is 0 Å². The van der Waals surface area contributed by atoms with Gasteiger partial charge in [0.1, 0.15) is 0 Å². The maximum Gasteiger partial charge on any atom is 0.269 e. The molecule has 2 heterocycles. The summed E-state index contributed by atoms with van der Waals surface area (Å²) in [5, 5.41) is 10.6. The maximum atomic E-state index is 10.6. The van der Waals surface area contributed by atoms with Gasteiger partial charge in [-0.05, 0) is 37.7 Å². The first-order valence-corrected chi connectivity index (χ1v) is 7.22. The standard InChI is InChI=1S/C15H20N2O3/c16-10-15(9-13-5-6-14(15)20-13)8-7-11-1-3-12(4-2-11)17(18)19/h1-4,13-14H,5-10,16H2. The second-order valence-electron chi connectivity index (χ2n) is 6.02. The van der Waals surface area contributed by atoms with Crippen molar-refractivity contribution in [2.45, 2.75) is 44.3 Å². The number of nitrogens with two attached hydrogens (primary N) is 1. The van der Waals surface area contributed by atoms with Crippen molar-refractivity contribution in [2.24, 2.45) is 11.1 Å². The number of aryl methyl sites for hydroxylation is 1. The molecule has 2 fully saturated rings. The van der Waals surface area contributed by atoms with Gasteiger partial charge in [-0.25, -0.2) is 0 Å². The zero-order valence-electron chi connectivity index (χ0n) is 11.5. The Balaban J connectivity index is 1.65. The Hall–Kier alpha value is -1.46. The zero-order valence-corrected chi connectivity index (χ0v) is 11.5. The third kappa shape index (κ3) is 2.31. The molecule has 2 aliphatic rings. The highest BCUT2D eigenvalue weighted by Gasteiger charge is 2.50. The molecule has 3 atom stereocenters. The quantitative estimate of drug-likeness (QED) is 0.661. The van der Waals surface area contributed by atoms with Gasteiger partial charge >= 0.3 is 0 Å².